The number of ether oxygens (including phenoxy) is 1. The molecule has 0 aliphatic rings. The molecular formula is C26H26N2O3. The molecule has 0 bridgehead atoms. The molecule has 0 aliphatic carbocycles. The Hall–Kier alpha value is -3.57. The zero-order chi connectivity index (χ0) is 21.6. The first-order chi connectivity index (χ1) is 15.1. The van der Waals surface area contributed by atoms with Gasteiger partial charge in [-0.25, -0.2) is 0 Å². The first-order valence-corrected chi connectivity index (χ1v) is 10.4. The summed E-state index contributed by atoms with van der Waals surface area (Å²) in [5, 5.41) is 14.0. The molecule has 4 rings (SSSR count). The Morgan fingerprint density at radius 2 is 1.68 bits per heavy atom. The number of carbonyl (C=O) groups is 1. The number of carboxylic acids is 1. The SMILES string of the molecule is Cc1ccccc1COc1ccccc1CN[C@H](Cc1c[nH]c2ccccc12)C(=O)O. The van der Waals surface area contributed by atoms with Crippen molar-refractivity contribution < 1.29 is 14.6 Å². The second-order valence-electron chi connectivity index (χ2n) is 7.66. The number of H-pyrrole nitrogens is 1. The van der Waals surface area contributed by atoms with Crippen molar-refractivity contribution in [1.29, 1.82) is 0 Å². The third-order valence-electron chi connectivity index (χ3n) is 5.55. The zero-order valence-corrected chi connectivity index (χ0v) is 17.5. The largest absolute Gasteiger partial charge is 0.489 e. The number of rotatable bonds is 9. The van der Waals surface area contributed by atoms with Crippen LogP contribution in [0.15, 0.2) is 79.0 Å². The Morgan fingerprint density at radius 1 is 0.968 bits per heavy atom. The van der Waals surface area contributed by atoms with E-state index in [0.29, 0.717) is 19.6 Å². The molecule has 0 spiro atoms. The number of nitrogens with one attached hydrogen (secondary N) is 2. The number of aromatic amines is 1. The smallest absolute Gasteiger partial charge is 0.321 e. The van der Waals surface area contributed by atoms with Crippen molar-refractivity contribution >= 4 is 16.9 Å². The van der Waals surface area contributed by atoms with Gasteiger partial charge >= 0.3 is 5.97 Å². The predicted molar refractivity (Wildman–Crippen MR) is 122 cm³/mol. The van der Waals surface area contributed by atoms with Gasteiger partial charge in [-0.05, 0) is 35.7 Å². The minimum Gasteiger partial charge on any atom is -0.489 e. The van der Waals surface area contributed by atoms with E-state index in [1.54, 1.807) is 0 Å². The number of fused-ring (bicyclic) bond motifs is 1. The summed E-state index contributed by atoms with van der Waals surface area (Å²) in [7, 11) is 0. The Morgan fingerprint density at radius 3 is 2.48 bits per heavy atom. The molecule has 0 fully saturated rings. The molecule has 1 aromatic heterocycles. The third-order valence-corrected chi connectivity index (χ3v) is 5.55. The van der Waals surface area contributed by atoms with Crippen molar-refractivity contribution in [2.75, 3.05) is 0 Å². The topological polar surface area (TPSA) is 74.3 Å². The van der Waals surface area contributed by atoms with Crippen LogP contribution in [0.1, 0.15) is 22.3 Å². The maximum Gasteiger partial charge on any atom is 0.321 e. The molecule has 1 atom stereocenters. The number of hydrogen-bond acceptors (Lipinski definition) is 3. The molecule has 4 aromatic rings. The standard InChI is InChI=1S/C26H26N2O3/c1-18-8-2-3-10-20(18)17-31-25-13-7-4-9-19(25)15-28-24(26(29)30)14-21-16-27-23-12-6-5-11-22(21)23/h2-13,16,24,27-28H,14-15,17H2,1H3,(H,29,30)/t24-/m1/s1. The number of hydrogen-bond donors (Lipinski definition) is 3. The van der Waals surface area contributed by atoms with Gasteiger partial charge in [0.25, 0.3) is 0 Å². The first-order valence-electron chi connectivity index (χ1n) is 10.4. The molecule has 5 nitrogen and oxygen atoms in total. The van der Waals surface area contributed by atoms with Crippen LogP contribution in [0.5, 0.6) is 5.75 Å². The van der Waals surface area contributed by atoms with Crippen molar-refractivity contribution in [3.8, 4) is 5.75 Å². The van der Waals surface area contributed by atoms with Gasteiger partial charge in [-0.15, -0.1) is 0 Å². The van der Waals surface area contributed by atoms with Gasteiger partial charge in [-0.1, -0.05) is 60.7 Å². The molecule has 158 valence electrons. The van der Waals surface area contributed by atoms with Crippen molar-refractivity contribution in [2.45, 2.75) is 32.5 Å². The fourth-order valence-corrected chi connectivity index (χ4v) is 3.72. The average molecular weight is 415 g/mol. The summed E-state index contributed by atoms with van der Waals surface area (Å²) in [6.45, 7) is 2.94. The molecule has 3 aromatic carbocycles. The van der Waals surface area contributed by atoms with E-state index in [2.05, 4.69) is 29.4 Å². The minimum absolute atomic E-state index is 0.394. The number of aryl methyl sites for hydroxylation is 1. The molecule has 0 saturated heterocycles. The summed E-state index contributed by atoms with van der Waals surface area (Å²) >= 11 is 0. The number of aromatic nitrogens is 1. The Labute approximate surface area is 181 Å². The monoisotopic (exact) mass is 414 g/mol. The number of aliphatic carboxylic acids is 1. The average Bonchev–Trinajstić information content (AvgIpc) is 3.19. The second-order valence-corrected chi connectivity index (χ2v) is 7.66. The lowest BCUT2D eigenvalue weighted by molar-refractivity contribution is -0.139. The highest BCUT2D eigenvalue weighted by Crippen LogP contribution is 2.22. The Balaban J connectivity index is 1.44. The van der Waals surface area contributed by atoms with E-state index in [-0.39, 0.29) is 0 Å². The van der Waals surface area contributed by atoms with Gasteiger partial charge in [0.15, 0.2) is 0 Å². The fourth-order valence-electron chi connectivity index (χ4n) is 3.72. The van der Waals surface area contributed by atoms with Gasteiger partial charge in [-0.2, -0.15) is 0 Å². The molecule has 0 saturated carbocycles. The third kappa shape index (κ3) is 4.95. The van der Waals surface area contributed by atoms with Crippen molar-refractivity contribution in [3.63, 3.8) is 0 Å². The van der Waals surface area contributed by atoms with Crippen LogP contribution in [0.2, 0.25) is 0 Å². The summed E-state index contributed by atoms with van der Waals surface area (Å²) in [6.07, 6.45) is 2.28. The van der Waals surface area contributed by atoms with Crippen LogP contribution in [0, 0.1) is 6.92 Å². The number of para-hydroxylation sites is 2. The molecule has 3 N–H and O–H groups in total. The quantitative estimate of drug-likeness (QED) is 0.366. The van der Waals surface area contributed by atoms with Crippen LogP contribution in [-0.4, -0.2) is 22.1 Å². The second kappa shape index (κ2) is 9.49. The van der Waals surface area contributed by atoms with Crippen LogP contribution in [0.4, 0.5) is 0 Å². The minimum atomic E-state index is -0.872. The summed E-state index contributed by atoms with van der Waals surface area (Å²) in [4.78, 5) is 15.1. The molecule has 1 heterocycles. The summed E-state index contributed by atoms with van der Waals surface area (Å²) in [5.74, 6) is -0.113. The fraction of sp³-hybridized carbons (Fsp3) is 0.192. The normalized spacial score (nSPS) is 12.0. The van der Waals surface area contributed by atoms with Gasteiger partial charge in [0.05, 0.1) is 0 Å². The Bertz CT molecular complexity index is 1180. The lowest BCUT2D eigenvalue weighted by atomic mass is 10.0. The van der Waals surface area contributed by atoms with Gasteiger partial charge in [0, 0.05) is 35.6 Å². The van der Waals surface area contributed by atoms with E-state index in [1.165, 1.54) is 5.56 Å². The van der Waals surface area contributed by atoms with Crippen LogP contribution in [0.25, 0.3) is 10.9 Å². The van der Waals surface area contributed by atoms with Crippen molar-refractivity contribution in [3.05, 3.63) is 101 Å². The molecular weight excluding hydrogens is 388 g/mol. The van der Waals surface area contributed by atoms with Gasteiger partial charge < -0.3 is 14.8 Å². The first kappa shape index (κ1) is 20.7. The van der Waals surface area contributed by atoms with Crippen LogP contribution < -0.4 is 10.1 Å². The summed E-state index contributed by atoms with van der Waals surface area (Å²) in [5.41, 5.74) is 5.24. The highest BCUT2D eigenvalue weighted by atomic mass is 16.5. The van der Waals surface area contributed by atoms with Gasteiger partial charge in [0.1, 0.15) is 18.4 Å². The molecule has 0 unspecified atom stereocenters. The van der Waals surface area contributed by atoms with E-state index < -0.39 is 12.0 Å². The van der Waals surface area contributed by atoms with Crippen molar-refractivity contribution in [1.82, 2.24) is 10.3 Å². The molecule has 31 heavy (non-hydrogen) atoms. The summed E-state index contributed by atoms with van der Waals surface area (Å²) in [6, 6.07) is 23.1. The van der Waals surface area contributed by atoms with E-state index in [1.807, 2.05) is 66.9 Å². The van der Waals surface area contributed by atoms with Crippen molar-refractivity contribution in [2.24, 2.45) is 0 Å². The van der Waals surface area contributed by atoms with E-state index in [0.717, 1.165) is 33.3 Å². The zero-order valence-electron chi connectivity index (χ0n) is 17.5. The molecule has 5 heteroatoms. The maximum absolute atomic E-state index is 11.9. The van der Waals surface area contributed by atoms with Gasteiger partial charge in [0.2, 0.25) is 0 Å². The molecule has 0 radical (unpaired) electrons. The highest BCUT2D eigenvalue weighted by Gasteiger charge is 2.20. The van der Waals surface area contributed by atoms with E-state index in [4.69, 9.17) is 4.74 Å². The lowest BCUT2D eigenvalue weighted by Gasteiger charge is -2.17. The van der Waals surface area contributed by atoms with Gasteiger partial charge in [-0.3, -0.25) is 10.1 Å². The summed E-state index contributed by atoms with van der Waals surface area (Å²) < 4.78 is 6.07. The lowest BCUT2D eigenvalue weighted by Crippen LogP contribution is -2.38. The van der Waals surface area contributed by atoms with Crippen LogP contribution in [-0.2, 0) is 24.4 Å². The maximum atomic E-state index is 11.9. The van der Waals surface area contributed by atoms with Crippen LogP contribution >= 0.6 is 0 Å². The van der Waals surface area contributed by atoms with Crippen LogP contribution in [0.3, 0.4) is 0 Å². The molecule has 0 aliphatic heterocycles. The predicted octanol–water partition coefficient (Wildman–Crippen LogP) is 4.84. The molecule has 0 amide bonds. The number of benzene rings is 3. The Kier molecular flexibility index (Phi) is 6.34. The van der Waals surface area contributed by atoms with E-state index >= 15 is 0 Å². The highest BCUT2D eigenvalue weighted by molar-refractivity contribution is 5.84. The number of carboxylic acid groups (broad SMARTS) is 1. The van der Waals surface area contributed by atoms with E-state index in [9.17, 15) is 9.90 Å².